The number of benzene rings is 1. The third kappa shape index (κ3) is 3.04. The zero-order valence-electron chi connectivity index (χ0n) is 12.6. The van der Waals surface area contributed by atoms with Crippen LogP contribution >= 0.6 is 11.6 Å². The average Bonchev–Trinajstić information content (AvgIpc) is 2.91. The Labute approximate surface area is 141 Å². The molecule has 0 spiro atoms. The highest BCUT2D eigenvalue weighted by Crippen LogP contribution is 2.20. The second-order valence-electron chi connectivity index (χ2n) is 5.13. The van der Waals surface area contributed by atoms with E-state index in [0.29, 0.717) is 16.7 Å². The molecule has 0 fully saturated rings. The molecule has 24 heavy (non-hydrogen) atoms. The lowest BCUT2D eigenvalue weighted by Crippen LogP contribution is -2.13. The quantitative estimate of drug-likeness (QED) is 0.533. The maximum absolute atomic E-state index is 11.4. The van der Waals surface area contributed by atoms with Gasteiger partial charge in [-0.3, -0.25) is 14.9 Å². The summed E-state index contributed by atoms with van der Waals surface area (Å²) in [5, 5.41) is 19.8. The van der Waals surface area contributed by atoms with E-state index in [1.54, 1.807) is 23.7 Å². The minimum Gasteiger partial charge on any atom is -0.340 e. The van der Waals surface area contributed by atoms with Gasteiger partial charge in [0.2, 0.25) is 0 Å². The molecule has 0 aliphatic rings. The van der Waals surface area contributed by atoms with E-state index in [1.807, 2.05) is 12.1 Å². The minimum absolute atomic E-state index is 0.248. The van der Waals surface area contributed by atoms with Crippen LogP contribution in [0.4, 0.5) is 5.69 Å². The van der Waals surface area contributed by atoms with Crippen LogP contribution in [0.25, 0.3) is 11.4 Å². The van der Waals surface area contributed by atoms with Crippen molar-refractivity contribution in [3.63, 3.8) is 0 Å². The van der Waals surface area contributed by atoms with Gasteiger partial charge in [0.1, 0.15) is 0 Å². The average molecular weight is 346 g/mol. The van der Waals surface area contributed by atoms with Gasteiger partial charge >= 0.3 is 5.69 Å². The Morgan fingerprint density at radius 1 is 1.21 bits per heavy atom. The van der Waals surface area contributed by atoms with Gasteiger partial charge in [-0.2, -0.15) is 0 Å². The Morgan fingerprint density at radius 3 is 2.58 bits per heavy atom. The van der Waals surface area contributed by atoms with E-state index in [1.165, 1.54) is 17.0 Å². The summed E-state index contributed by atoms with van der Waals surface area (Å²) in [6.07, 6.45) is 2.67. The highest BCUT2D eigenvalue weighted by atomic mass is 35.5. The molecule has 2 heterocycles. The third-order valence-electron chi connectivity index (χ3n) is 3.55. The van der Waals surface area contributed by atoms with Crippen LogP contribution in [0.5, 0.6) is 0 Å². The molecule has 0 N–H and O–H groups in total. The van der Waals surface area contributed by atoms with Gasteiger partial charge in [0.25, 0.3) is 5.43 Å². The zero-order valence-corrected chi connectivity index (χ0v) is 13.3. The predicted octanol–water partition coefficient (Wildman–Crippen LogP) is 2.25. The summed E-state index contributed by atoms with van der Waals surface area (Å²) >= 11 is 5.88. The summed E-state index contributed by atoms with van der Waals surface area (Å²) < 4.78 is 3.31. The van der Waals surface area contributed by atoms with E-state index in [4.69, 9.17) is 11.6 Å². The van der Waals surface area contributed by atoms with Crippen LogP contribution < -0.4 is 5.43 Å². The molecule has 2 aromatic heterocycles. The molecule has 0 amide bonds. The van der Waals surface area contributed by atoms with Crippen LogP contribution in [-0.4, -0.2) is 24.3 Å². The molecule has 0 bridgehead atoms. The summed E-state index contributed by atoms with van der Waals surface area (Å²) in [7, 11) is 1.80. The summed E-state index contributed by atoms with van der Waals surface area (Å²) in [6, 6.07) is 8.35. The van der Waals surface area contributed by atoms with Crippen LogP contribution in [-0.2, 0) is 13.6 Å². The van der Waals surface area contributed by atoms with Crippen LogP contribution in [0.1, 0.15) is 5.82 Å². The standard InChI is InChI=1S/C15H12ClN5O3/c1-19-14(9-20-7-6-13(22)12(8-20)21(23)24)17-18-15(19)10-2-4-11(16)5-3-10/h2-8H,9H2,1H3. The summed E-state index contributed by atoms with van der Waals surface area (Å²) in [6.45, 7) is 0.248. The maximum atomic E-state index is 11.4. The highest BCUT2D eigenvalue weighted by Gasteiger charge is 2.14. The number of halogens is 1. The molecule has 8 nitrogen and oxygen atoms in total. The van der Waals surface area contributed by atoms with E-state index in [9.17, 15) is 14.9 Å². The molecule has 0 radical (unpaired) electrons. The van der Waals surface area contributed by atoms with Crippen molar-refractivity contribution >= 4 is 17.3 Å². The number of aromatic nitrogens is 4. The van der Waals surface area contributed by atoms with E-state index in [2.05, 4.69) is 10.2 Å². The van der Waals surface area contributed by atoms with Crippen LogP contribution in [0.15, 0.2) is 47.5 Å². The number of rotatable bonds is 4. The molecule has 3 rings (SSSR count). The lowest BCUT2D eigenvalue weighted by Gasteiger charge is -2.07. The zero-order chi connectivity index (χ0) is 17.3. The number of nitrogens with zero attached hydrogens (tertiary/aromatic N) is 5. The first-order chi connectivity index (χ1) is 11.5. The van der Waals surface area contributed by atoms with E-state index < -0.39 is 16.0 Å². The first-order valence-corrected chi connectivity index (χ1v) is 7.32. The van der Waals surface area contributed by atoms with Gasteiger partial charge in [0, 0.05) is 29.9 Å². The topological polar surface area (TPSA) is 95.8 Å². The predicted molar refractivity (Wildman–Crippen MR) is 87.9 cm³/mol. The Kier molecular flexibility index (Phi) is 4.13. The molecule has 0 aliphatic heterocycles. The van der Waals surface area contributed by atoms with Crippen molar-refractivity contribution in [2.75, 3.05) is 0 Å². The lowest BCUT2D eigenvalue weighted by molar-refractivity contribution is -0.386. The minimum atomic E-state index is -0.700. The Morgan fingerprint density at radius 2 is 1.92 bits per heavy atom. The summed E-state index contributed by atoms with van der Waals surface area (Å²) in [5.74, 6) is 1.25. The lowest BCUT2D eigenvalue weighted by atomic mass is 10.2. The van der Waals surface area contributed by atoms with Crippen molar-refractivity contribution in [1.82, 2.24) is 19.3 Å². The molecule has 0 unspecified atom stereocenters. The van der Waals surface area contributed by atoms with Crippen LogP contribution in [0.3, 0.4) is 0 Å². The first-order valence-electron chi connectivity index (χ1n) is 6.94. The van der Waals surface area contributed by atoms with Gasteiger partial charge < -0.3 is 9.13 Å². The van der Waals surface area contributed by atoms with Gasteiger partial charge in [0.05, 0.1) is 17.7 Å². The Hall–Kier alpha value is -3.00. The number of nitro groups is 1. The molecule has 9 heteroatoms. The number of hydrogen-bond acceptors (Lipinski definition) is 5. The second kappa shape index (κ2) is 6.25. The molecular weight excluding hydrogens is 334 g/mol. The van der Waals surface area contributed by atoms with Crippen molar-refractivity contribution < 1.29 is 4.92 Å². The molecule has 0 saturated carbocycles. The SMILES string of the molecule is Cn1c(Cn2ccc(=O)c([N+](=O)[O-])c2)nnc1-c1ccc(Cl)cc1. The largest absolute Gasteiger partial charge is 0.340 e. The van der Waals surface area contributed by atoms with Gasteiger partial charge in [-0.25, -0.2) is 0 Å². The van der Waals surface area contributed by atoms with Gasteiger partial charge in [-0.1, -0.05) is 11.6 Å². The normalized spacial score (nSPS) is 10.8. The van der Waals surface area contributed by atoms with Gasteiger partial charge in [0.15, 0.2) is 11.6 Å². The van der Waals surface area contributed by atoms with Gasteiger partial charge in [-0.15, -0.1) is 10.2 Å². The Balaban J connectivity index is 1.92. The molecule has 0 atom stereocenters. The van der Waals surface area contributed by atoms with Gasteiger partial charge in [-0.05, 0) is 24.3 Å². The summed E-state index contributed by atoms with van der Waals surface area (Å²) in [4.78, 5) is 21.6. The third-order valence-corrected chi connectivity index (χ3v) is 3.80. The van der Waals surface area contributed by atoms with Crippen molar-refractivity contribution in [3.05, 3.63) is 73.9 Å². The molecule has 122 valence electrons. The first kappa shape index (κ1) is 15.9. The summed E-state index contributed by atoms with van der Waals surface area (Å²) in [5.41, 5.74) is -0.250. The fraction of sp³-hybridized carbons (Fsp3) is 0.133. The number of pyridine rings is 1. The second-order valence-corrected chi connectivity index (χ2v) is 5.57. The van der Waals surface area contributed by atoms with Crippen molar-refractivity contribution in [3.8, 4) is 11.4 Å². The molecule has 1 aromatic carbocycles. The maximum Gasteiger partial charge on any atom is 0.332 e. The Bertz CT molecular complexity index is 962. The van der Waals surface area contributed by atoms with Crippen molar-refractivity contribution in [2.24, 2.45) is 7.05 Å². The smallest absolute Gasteiger partial charge is 0.332 e. The molecular formula is C15H12ClN5O3. The molecule has 0 saturated heterocycles. The fourth-order valence-electron chi connectivity index (χ4n) is 2.26. The van der Waals surface area contributed by atoms with E-state index in [-0.39, 0.29) is 6.54 Å². The van der Waals surface area contributed by atoms with Crippen molar-refractivity contribution in [1.29, 1.82) is 0 Å². The highest BCUT2D eigenvalue weighted by molar-refractivity contribution is 6.30. The molecule has 3 aromatic rings. The van der Waals surface area contributed by atoms with E-state index in [0.717, 1.165) is 11.6 Å². The van der Waals surface area contributed by atoms with Crippen LogP contribution in [0, 0.1) is 10.1 Å². The van der Waals surface area contributed by atoms with Crippen molar-refractivity contribution in [2.45, 2.75) is 6.54 Å². The van der Waals surface area contributed by atoms with Crippen LogP contribution in [0.2, 0.25) is 5.02 Å². The monoisotopic (exact) mass is 345 g/mol. The van der Waals surface area contributed by atoms with E-state index >= 15 is 0 Å². The number of hydrogen-bond donors (Lipinski definition) is 0. The fourth-order valence-corrected chi connectivity index (χ4v) is 2.39. The molecule has 0 aliphatic carbocycles.